The van der Waals surface area contributed by atoms with Crippen LogP contribution in [-0.4, -0.2) is 58.0 Å². The van der Waals surface area contributed by atoms with Gasteiger partial charge in [-0.15, -0.1) is 0 Å². The SMILES string of the molecule is COc1c2c(-c3ccccn3)c(c3ccccc13)-c1c(-c3ccccn3)c(cc3ccccc13)COC(=O)c1ccc(cc1)Oc1ccc(cc1)C(=O)OCc1cc3ccccc3c(c1-c1ccccn1)-c1c(-c3ccccn3)c(c(OC)c3ccccc13)COC(=O)c1ccc(cc1)Oc1ccc(cc1)C(=O)OC2. The van der Waals surface area contributed by atoms with Gasteiger partial charge >= 0.3 is 23.9 Å². The highest BCUT2D eigenvalue weighted by atomic mass is 16.5. The Kier molecular flexibility index (Phi) is 18.7. The fourth-order valence-electron chi connectivity index (χ4n) is 14.7. The van der Waals surface area contributed by atoms with E-state index in [0.29, 0.717) is 102 Å². The van der Waals surface area contributed by atoms with Crippen LogP contribution in [0.5, 0.6) is 34.5 Å². The minimum absolute atomic E-state index is 0.163. The predicted octanol–water partition coefficient (Wildman–Crippen LogP) is 21.2. The first-order valence-electron chi connectivity index (χ1n) is 35.6. The molecule has 0 saturated carbocycles. The smallest absolute Gasteiger partial charge is 0.338 e. The van der Waals surface area contributed by atoms with Crippen LogP contribution >= 0.6 is 0 Å². The van der Waals surface area contributed by atoms with Crippen LogP contribution in [0.2, 0.25) is 0 Å². The number of benzene rings is 12. The Labute approximate surface area is 631 Å². The first kappa shape index (κ1) is 68.5. The van der Waals surface area contributed by atoms with Gasteiger partial charge in [-0.2, -0.15) is 0 Å². The third-order valence-electron chi connectivity index (χ3n) is 19.6. The van der Waals surface area contributed by atoms with Gasteiger partial charge in [0.15, 0.2) is 0 Å². The zero-order valence-electron chi connectivity index (χ0n) is 59.4. The third kappa shape index (κ3) is 13.2. The summed E-state index contributed by atoms with van der Waals surface area (Å²) in [5.74, 6) is 0.233. The maximum absolute atomic E-state index is 14.6. The number of methoxy groups -OCH3 is 2. The van der Waals surface area contributed by atoms with Crippen LogP contribution in [-0.2, 0) is 45.4 Å². The number of hydrogen-bond acceptors (Lipinski definition) is 16. The van der Waals surface area contributed by atoms with Crippen molar-refractivity contribution in [1.82, 2.24) is 19.9 Å². The molecule has 16 bridgehead atoms. The zero-order valence-corrected chi connectivity index (χ0v) is 59.4. The highest BCUT2D eigenvalue weighted by Crippen LogP contribution is 2.54. The standard InChI is InChI=1S/C94H64N4O12/c1-103-89-73-25-9-7-23-71(73)87-83(79-29-13-17-49-97-79)75(89)55-107-93(101)59-35-43-67(44-36-59)110-68-45-37-60(38-46-68)94(102)108-56-76-84(80-30-14-18-50-98-80)88(72-24-8-10-26-74(72)90(76)104-2)86-70-22-6-4-20-62(70)52-64(82(86)78-28-12-16-48-96-78)54-106-92(100)58-33-41-66(42-34-58)109-65-39-31-57(32-40-65)91(99)105-53-63-51-61-19-3-5-21-69(61)85(87)81(63)77-27-11-15-47-95-77/h3-52H,53-56H2,1-2H3. The molecule has 23 rings (SSSR count). The lowest BCUT2D eigenvalue weighted by Crippen LogP contribution is -2.10. The molecule has 0 unspecified atom stereocenters. The summed E-state index contributed by atoms with van der Waals surface area (Å²) in [6.45, 7) is -0.824. The van der Waals surface area contributed by atoms with Crippen molar-refractivity contribution in [2.75, 3.05) is 14.2 Å². The van der Waals surface area contributed by atoms with E-state index in [1.807, 2.05) is 170 Å². The van der Waals surface area contributed by atoms with Gasteiger partial charge in [0, 0.05) is 102 Å². The molecule has 0 atom stereocenters. The number of carbonyl (C=O) groups excluding carboxylic acids is 4. The van der Waals surface area contributed by atoms with E-state index >= 15 is 0 Å². The Balaban J connectivity index is 0.777. The molecule has 7 aliphatic rings. The first-order valence-corrected chi connectivity index (χ1v) is 35.6. The number of pyridine rings is 4. The molecular weight excluding hydrogens is 1380 g/mol. The minimum atomic E-state index is -0.616. The second-order valence-electron chi connectivity index (χ2n) is 26.1. The molecule has 12 aromatic carbocycles. The summed E-state index contributed by atoms with van der Waals surface area (Å²) in [6.07, 6.45) is 6.89. The molecule has 110 heavy (non-hydrogen) atoms. The quantitative estimate of drug-likeness (QED) is 0.113. The lowest BCUT2D eigenvalue weighted by molar-refractivity contribution is 0.0462. The van der Waals surface area contributed by atoms with E-state index < -0.39 is 23.9 Å². The van der Waals surface area contributed by atoms with E-state index in [1.165, 1.54) is 0 Å². The van der Waals surface area contributed by atoms with Crippen LogP contribution in [0.3, 0.4) is 0 Å². The normalized spacial score (nSPS) is 12.8. The van der Waals surface area contributed by atoms with E-state index in [1.54, 1.807) is 136 Å². The molecule has 532 valence electrons. The van der Waals surface area contributed by atoms with E-state index in [4.69, 9.17) is 57.8 Å². The Bertz CT molecular complexity index is 5850. The van der Waals surface area contributed by atoms with Crippen molar-refractivity contribution >= 4 is 67.0 Å². The minimum Gasteiger partial charge on any atom is -0.496 e. The van der Waals surface area contributed by atoms with Crippen molar-refractivity contribution < 1.29 is 57.1 Å². The monoisotopic (exact) mass is 1440 g/mol. The van der Waals surface area contributed by atoms with Gasteiger partial charge in [0.2, 0.25) is 0 Å². The van der Waals surface area contributed by atoms with E-state index in [0.717, 1.165) is 65.3 Å². The molecular formula is C94H64N4O12. The van der Waals surface area contributed by atoms with Gasteiger partial charge in [-0.1, -0.05) is 121 Å². The molecule has 0 saturated heterocycles. The Hall–Kier alpha value is -14.6. The van der Waals surface area contributed by atoms with Crippen molar-refractivity contribution in [3.63, 3.8) is 0 Å². The number of carbonyl (C=O) groups is 4. The van der Waals surface area contributed by atoms with Gasteiger partial charge in [0.05, 0.1) is 59.2 Å². The lowest BCUT2D eigenvalue weighted by Gasteiger charge is -2.25. The molecule has 0 fully saturated rings. The molecule has 0 amide bonds. The summed E-state index contributed by atoms with van der Waals surface area (Å²) in [7, 11) is 3.19. The molecule has 16 nitrogen and oxygen atoms in total. The number of ether oxygens (including phenoxy) is 8. The summed E-state index contributed by atoms with van der Waals surface area (Å²) < 4.78 is 50.8. The molecule has 0 N–H and O–H groups in total. The van der Waals surface area contributed by atoms with Gasteiger partial charge in [-0.3, -0.25) is 19.9 Å². The summed E-state index contributed by atoms with van der Waals surface area (Å²) >= 11 is 0. The number of esters is 4. The van der Waals surface area contributed by atoms with Gasteiger partial charge in [-0.25, -0.2) is 19.2 Å². The highest BCUT2D eigenvalue weighted by molar-refractivity contribution is 6.19. The zero-order chi connectivity index (χ0) is 74.6. The van der Waals surface area contributed by atoms with Crippen molar-refractivity contribution in [2.45, 2.75) is 26.4 Å². The summed E-state index contributed by atoms with van der Waals surface area (Å²) in [4.78, 5) is 77.9. The molecule has 11 heterocycles. The largest absolute Gasteiger partial charge is 0.496 e. The van der Waals surface area contributed by atoms with Crippen LogP contribution in [0.15, 0.2) is 304 Å². The van der Waals surface area contributed by atoms with Gasteiger partial charge in [0.1, 0.15) is 60.9 Å². The van der Waals surface area contributed by atoms with Crippen molar-refractivity contribution in [3.8, 4) is 102 Å². The van der Waals surface area contributed by atoms with E-state index in [2.05, 4.69) is 12.1 Å². The number of nitrogens with zero attached hydrogens (tertiary/aromatic N) is 4. The van der Waals surface area contributed by atoms with Gasteiger partial charge < -0.3 is 37.9 Å². The average Bonchev–Trinajstić information content (AvgIpc) is 0.724. The molecule has 0 radical (unpaired) electrons. The summed E-state index contributed by atoms with van der Waals surface area (Å²) in [5.41, 5.74) is 11.5. The van der Waals surface area contributed by atoms with Gasteiger partial charge in [-0.05, 0) is 190 Å². The Morgan fingerprint density at radius 2 is 0.527 bits per heavy atom. The number of aromatic nitrogens is 4. The third-order valence-corrected chi connectivity index (χ3v) is 19.6. The molecule has 16 heteroatoms. The maximum atomic E-state index is 14.6. The second kappa shape index (κ2) is 30.1. The summed E-state index contributed by atoms with van der Waals surface area (Å²) in [5, 5.41) is 6.53. The lowest BCUT2D eigenvalue weighted by atomic mass is 9.81. The van der Waals surface area contributed by atoms with Gasteiger partial charge in [0.25, 0.3) is 0 Å². The molecule has 0 spiro atoms. The van der Waals surface area contributed by atoms with Crippen LogP contribution in [0, 0.1) is 0 Å². The van der Waals surface area contributed by atoms with Crippen LogP contribution in [0.25, 0.3) is 110 Å². The first-order chi connectivity index (χ1) is 54.1. The number of rotatable bonds is 6. The second-order valence-corrected chi connectivity index (χ2v) is 26.1. The highest BCUT2D eigenvalue weighted by Gasteiger charge is 2.32. The Morgan fingerprint density at radius 1 is 0.264 bits per heavy atom. The molecule has 4 aromatic heterocycles. The van der Waals surface area contributed by atoms with E-state index in [9.17, 15) is 19.2 Å². The average molecular weight is 1440 g/mol. The fourth-order valence-corrected chi connectivity index (χ4v) is 14.7. The number of hydrogen-bond donors (Lipinski definition) is 0. The predicted molar refractivity (Wildman–Crippen MR) is 422 cm³/mol. The molecule has 0 aliphatic carbocycles. The van der Waals surface area contributed by atoms with Crippen LogP contribution < -0.4 is 18.9 Å². The topological polar surface area (TPSA) is 194 Å². The van der Waals surface area contributed by atoms with Crippen LogP contribution in [0.1, 0.15) is 63.7 Å². The maximum Gasteiger partial charge on any atom is 0.338 e. The Morgan fingerprint density at radius 3 is 0.827 bits per heavy atom. The van der Waals surface area contributed by atoms with E-state index in [-0.39, 0.29) is 48.7 Å². The molecule has 7 aliphatic heterocycles. The van der Waals surface area contributed by atoms with Crippen molar-refractivity contribution in [2.24, 2.45) is 0 Å². The molecule has 16 aromatic rings. The number of fused-ring (bicyclic) bond motifs is 4. The summed E-state index contributed by atoms with van der Waals surface area (Å²) in [6, 6.07) is 85.0. The fraction of sp³-hybridized carbons (Fsp3) is 0.0638. The van der Waals surface area contributed by atoms with Crippen LogP contribution in [0.4, 0.5) is 0 Å². The van der Waals surface area contributed by atoms with Crippen molar-refractivity contribution in [1.29, 1.82) is 0 Å². The van der Waals surface area contributed by atoms with Crippen molar-refractivity contribution in [3.05, 3.63) is 348 Å².